The number of halogens is 1. The molecule has 0 aliphatic rings. The molecular weight excluding hydrogens is 314 g/mol. The lowest BCUT2D eigenvalue weighted by Gasteiger charge is -2.19. The van der Waals surface area contributed by atoms with Crippen molar-refractivity contribution >= 4 is 26.0 Å². The van der Waals surface area contributed by atoms with Crippen molar-refractivity contribution in [1.29, 1.82) is 0 Å². The van der Waals surface area contributed by atoms with Gasteiger partial charge in [0, 0.05) is 18.1 Å². The monoisotopic (exact) mass is 333 g/mol. The van der Waals surface area contributed by atoms with Gasteiger partial charge in [0.25, 0.3) is 0 Å². The van der Waals surface area contributed by atoms with Crippen LogP contribution in [0.2, 0.25) is 0 Å². The van der Waals surface area contributed by atoms with Crippen LogP contribution in [0.3, 0.4) is 0 Å². The second-order valence-corrected chi connectivity index (χ2v) is 7.81. The van der Waals surface area contributed by atoms with E-state index < -0.39 is 10.0 Å². The first-order valence-electron chi connectivity index (χ1n) is 5.97. The van der Waals surface area contributed by atoms with Gasteiger partial charge in [-0.25, -0.2) is 12.7 Å². The zero-order valence-electron chi connectivity index (χ0n) is 11.3. The second-order valence-electron chi connectivity index (χ2n) is 4.94. The zero-order chi connectivity index (χ0) is 13.9. The molecule has 0 unspecified atom stereocenters. The molecule has 3 nitrogen and oxygen atoms in total. The van der Waals surface area contributed by atoms with Gasteiger partial charge >= 0.3 is 0 Å². The highest BCUT2D eigenvalue weighted by Crippen LogP contribution is 2.25. The maximum absolute atomic E-state index is 12.4. The molecule has 0 heterocycles. The minimum absolute atomic E-state index is 0.333. The van der Waals surface area contributed by atoms with E-state index in [-0.39, 0.29) is 0 Å². The van der Waals surface area contributed by atoms with E-state index in [0.29, 0.717) is 21.8 Å². The van der Waals surface area contributed by atoms with Crippen LogP contribution in [0.5, 0.6) is 0 Å². The normalized spacial score (nSPS) is 12.4. The molecule has 0 N–H and O–H groups in total. The molecule has 0 bridgehead atoms. The third-order valence-corrected chi connectivity index (χ3v) is 5.63. The summed E-state index contributed by atoms with van der Waals surface area (Å²) in [6, 6.07) is 5.29. The van der Waals surface area contributed by atoms with E-state index in [0.717, 1.165) is 12.0 Å². The number of hydrogen-bond acceptors (Lipinski definition) is 2. The Balaban J connectivity index is 2.98. The van der Waals surface area contributed by atoms with Gasteiger partial charge < -0.3 is 0 Å². The molecule has 1 rings (SSSR count). The summed E-state index contributed by atoms with van der Waals surface area (Å²) in [6.45, 7) is 6.65. The molecule has 5 heteroatoms. The van der Waals surface area contributed by atoms with Crippen molar-refractivity contribution in [2.75, 3.05) is 13.6 Å². The maximum Gasteiger partial charge on any atom is 0.243 e. The lowest BCUT2D eigenvalue weighted by atomic mass is 10.1. The van der Waals surface area contributed by atoms with Crippen molar-refractivity contribution in [2.45, 2.75) is 32.1 Å². The largest absolute Gasteiger partial charge is 0.243 e. The molecule has 0 amide bonds. The van der Waals surface area contributed by atoms with Crippen molar-refractivity contribution in [1.82, 2.24) is 4.31 Å². The van der Waals surface area contributed by atoms with Gasteiger partial charge in [-0.15, -0.1) is 0 Å². The molecule has 0 radical (unpaired) electrons. The zero-order valence-corrected chi connectivity index (χ0v) is 13.7. The molecule has 1 aromatic carbocycles. The molecule has 0 fully saturated rings. The quantitative estimate of drug-likeness (QED) is 0.827. The van der Waals surface area contributed by atoms with Gasteiger partial charge in [-0.2, -0.15) is 0 Å². The van der Waals surface area contributed by atoms with Crippen molar-refractivity contribution in [3.63, 3.8) is 0 Å². The van der Waals surface area contributed by atoms with E-state index >= 15 is 0 Å². The van der Waals surface area contributed by atoms with Crippen LogP contribution in [-0.4, -0.2) is 26.3 Å². The molecule has 102 valence electrons. The Morgan fingerprint density at radius 2 is 1.94 bits per heavy atom. The van der Waals surface area contributed by atoms with Crippen molar-refractivity contribution in [2.24, 2.45) is 5.92 Å². The molecule has 0 atom stereocenters. The van der Waals surface area contributed by atoms with Crippen LogP contribution < -0.4 is 0 Å². The SMILES string of the molecule is Cc1ccc(S(=O)(=O)N(C)CCC(C)C)c(Br)c1. The first-order chi connectivity index (χ1) is 8.25. The van der Waals surface area contributed by atoms with Crippen LogP contribution in [0.1, 0.15) is 25.8 Å². The first kappa shape index (κ1) is 15.7. The molecule has 0 saturated heterocycles. The summed E-state index contributed by atoms with van der Waals surface area (Å²) in [7, 11) is -1.77. The van der Waals surface area contributed by atoms with Gasteiger partial charge in [0.05, 0.1) is 4.90 Å². The van der Waals surface area contributed by atoms with Crippen molar-refractivity contribution in [3.05, 3.63) is 28.2 Å². The Kier molecular flexibility index (Phi) is 5.37. The predicted molar refractivity (Wildman–Crippen MR) is 78.1 cm³/mol. The highest BCUT2D eigenvalue weighted by Gasteiger charge is 2.23. The minimum atomic E-state index is -3.40. The van der Waals surface area contributed by atoms with Crippen LogP contribution in [0, 0.1) is 12.8 Å². The van der Waals surface area contributed by atoms with Gasteiger partial charge in [0.15, 0.2) is 0 Å². The highest BCUT2D eigenvalue weighted by atomic mass is 79.9. The summed E-state index contributed by atoms with van der Waals surface area (Å²) in [5, 5.41) is 0. The van der Waals surface area contributed by atoms with Crippen molar-refractivity contribution in [3.8, 4) is 0 Å². The second kappa shape index (κ2) is 6.17. The van der Waals surface area contributed by atoms with Gasteiger partial charge in [-0.1, -0.05) is 19.9 Å². The lowest BCUT2D eigenvalue weighted by molar-refractivity contribution is 0.428. The summed E-state index contributed by atoms with van der Waals surface area (Å²) in [5.74, 6) is 0.490. The average molecular weight is 334 g/mol. The van der Waals surface area contributed by atoms with Crippen LogP contribution in [-0.2, 0) is 10.0 Å². The number of sulfonamides is 1. The smallest absolute Gasteiger partial charge is 0.207 e. The Bertz CT molecular complexity index is 512. The summed E-state index contributed by atoms with van der Waals surface area (Å²) in [6.07, 6.45) is 0.860. The fourth-order valence-electron chi connectivity index (χ4n) is 1.54. The summed E-state index contributed by atoms with van der Waals surface area (Å²) >= 11 is 3.33. The topological polar surface area (TPSA) is 37.4 Å². The van der Waals surface area contributed by atoms with Crippen molar-refractivity contribution < 1.29 is 8.42 Å². The lowest BCUT2D eigenvalue weighted by Crippen LogP contribution is -2.29. The van der Waals surface area contributed by atoms with Crippen LogP contribution in [0.4, 0.5) is 0 Å². The number of nitrogens with zero attached hydrogens (tertiary/aromatic N) is 1. The minimum Gasteiger partial charge on any atom is -0.207 e. The predicted octanol–water partition coefficient (Wildman–Crippen LogP) is 3.42. The van der Waals surface area contributed by atoms with Gasteiger partial charge in [0.1, 0.15) is 0 Å². The number of aryl methyl sites for hydroxylation is 1. The average Bonchev–Trinajstić information content (AvgIpc) is 2.24. The Hall–Kier alpha value is -0.390. The molecule has 0 aromatic heterocycles. The first-order valence-corrected chi connectivity index (χ1v) is 8.21. The molecule has 0 aliphatic heterocycles. The molecular formula is C13H20BrNO2S. The Morgan fingerprint density at radius 3 is 2.44 bits per heavy atom. The summed E-state index contributed by atoms with van der Waals surface area (Å²) < 4.78 is 26.8. The summed E-state index contributed by atoms with van der Waals surface area (Å²) in [4.78, 5) is 0.333. The summed E-state index contributed by atoms with van der Waals surface area (Å²) in [5.41, 5.74) is 1.03. The van der Waals surface area contributed by atoms with Gasteiger partial charge in [-0.3, -0.25) is 0 Å². The Labute approximate surface area is 118 Å². The van der Waals surface area contributed by atoms with Crippen LogP contribution >= 0.6 is 15.9 Å². The molecule has 0 aliphatic carbocycles. The fourth-order valence-corrected chi connectivity index (χ4v) is 3.88. The molecule has 18 heavy (non-hydrogen) atoms. The number of benzene rings is 1. The third-order valence-electron chi connectivity index (χ3n) is 2.80. The number of rotatable bonds is 5. The van der Waals surface area contributed by atoms with E-state index in [4.69, 9.17) is 0 Å². The maximum atomic E-state index is 12.4. The molecule has 0 spiro atoms. The molecule has 1 aromatic rings. The third kappa shape index (κ3) is 3.80. The fraction of sp³-hybridized carbons (Fsp3) is 0.538. The van der Waals surface area contributed by atoms with E-state index in [9.17, 15) is 8.42 Å². The molecule has 0 saturated carbocycles. The van der Waals surface area contributed by atoms with Crippen LogP contribution in [0.15, 0.2) is 27.6 Å². The number of hydrogen-bond donors (Lipinski definition) is 0. The van der Waals surface area contributed by atoms with Gasteiger partial charge in [-0.05, 0) is 52.9 Å². The Morgan fingerprint density at radius 1 is 1.33 bits per heavy atom. The van der Waals surface area contributed by atoms with E-state index in [2.05, 4.69) is 29.8 Å². The van der Waals surface area contributed by atoms with Gasteiger partial charge in [0.2, 0.25) is 10.0 Å². The van der Waals surface area contributed by atoms with E-state index in [1.54, 1.807) is 13.1 Å². The standard InChI is InChI=1S/C13H20BrNO2S/c1-10(2)7-8-15(4)18(16,17)13-6-5-11(3)9-12(13)14/h5-6,9-10H,7-8H2,1-4H3. The van der Waals surface area contributed by atoms with E-state index in [1.165, 1.54) is 4.31 Å². The van der Waals surface area contributed by atoms with E-state index in [1.807, 2.05) is 19.1 Å². The van der Waals surface area contributed by atoms with Crippen LogP contribution in [0.25, 0.3) is 0 Å². The highest BCUT2D eigenvalue weighted by molar-refractivity contribution is 9.10.